The summed E-state index contributed by atoms with van der Waals surface area (Å²) in [7, 11) is 0. The smallest absolute Gasteiger partial charge is 0.338 e. The molecule has 2 aliphatic heterocycles. The van der Waals surface area contributed by atoms with Crippen LogP contribution in [0.3, 0.4) is 0 Å². The van der Waals surface area contributed by atoms with Gasteiger partial charge in [0.15, 0.2) is 5.82 Å². The Bertz CT molecular complexity index is 1220. The average molecular weight is 462 g/mol. The van der Waals surface area contributed by atoms with Crippen LogP contribution in [0.15, 0.2) is 30.7 Å². The third kappa shape index (κ3) is 4.41. The Kier molecular flexibility index (Phi) is 6.06. The fourth-order valence-electron chi connectivity index (χ4n) is 4.59. The molecule has 1 amide bonds. The lowest BCUT2D eigenvalue weighted by atomic mass is 9.96. The maximum absolute atomic E-state index is 12.9. The molecule has 4 heterocycles. The number of fused-ring (bicyclic) bond motifs is 1. The number of tetrazole rings is 1. The van der Waals surface area contributed by atoms with Crippen molar-refractivity contribution in [2.45, 2.75) is 33.3 Å². The number of carbonyl (C=O) groups excluding carboxylic acids is 2. The summed E-state index contributed by atoms with van der Waals surface area (Å²) in [5, 5.41) is 11.1. The van der Waals surface area contributed by atoms with Gasteiger partial charge in [-0.3, -0.25) is 9.69 Å². The van der Waals surface area contributed by atoms with E-state index in [1.165, 1.54) is 16.6 Å². The van der Waals surface area contributed by atoms with Gasteiger partial charge < -0.3 is 9.64 Å². The van der Waals surface area contributed by atoms with Crippen molar-refractivity contribution in [1.29, 1.82) is 0 Å². The van der Waals surface area contributed by atoms with Crippen LogP contribution in [0.1, 0.15) is 38.2 Å². The standard InChI is InChI=1S/C24H27N7O3/c1-16-11-22(31-15-26-27-28-31)25-13-19(16)12-23(32)30-9-7-29(8-10-30)6-5-18-3-4-20-21(17(18)2)14-34-24(20)33/h3-4,11,13,15H,5-10,12,14H2,1-2H3. The topological polar surface area (TPSA) is 106 Å². The Morgan fingerprint density at radius 1 is 1.12 bits per heavy atom. The molecule has 0 aliphatic carbocycles. The molecule has 10 nitrogen and oxygen atoms in total. The number of aromatic nitrogens is 5. The van der Waals surface area contributed by atoms with Gasteiger partial charge in [-0.1, -0.05) is 6.07 Å². The number of hydrogen-bond acceptors (Lipinski definition) is 8. The highest BCUT2D eigenvalue weighted by atomic mass is 16.5. The molecule has 34 heavy (non-hydrogen) atoms. The molecule has 2 aliphatic rings. The number of nitrogens with zero attached hydrogens (tertiary/aromatic N) is 7. The minimum Gasteiger partial charge on any atom is -0.457 e. The van der Waals surface area contributed by atoms with E-state index in [1.807, 2.05) is 30.0 Å². The average Bonchev–Trinajstić information content (AvgIpc) is 3.51. The van der Waals surface area contributed by atoms with E-state index in [0.29, 0.717) is 24.4 Å². The first-order valence-electron chi connectivity index (χ1n) is 11.5. The van der Waals surface area contributed by atoms with Gasteiger partial charge in [-0.05, 0) is 65.1 Å². The molecule has 5 rings (SSSR count). The van der Waals surface area contributed by atoms with Crippen LogP contribution in [0.5, 0.6) is 0 Å². The van der Waals surface area contributed by atoms with Crippen molar-refractivity contribution in [3.8, 4) is 5.82 Å². The first kappa shape index (κ1) is 22.1. The molecule has 0 saturated carbocycles. The molecule has 0 unspecified atom stereocenters. The Morgan fingerprint density at radius 3 is 2.68 bits per heavy atom. The monoisotopic (exact) mass is 461 g/mol. The fraction of sp³-hybridized carbons (Fsp3) is 0.417. The molecular weight excluding hydrogens is 434 g/mol. The second-order valence-corrected chi connectivity index (χ2v) is 8.82. The van der Waals surface area contributed by atoms with Gasteiger partial charge in [0.1, 0.15) is 12.9 Å². The van der Waals surface area contributed by atoms with E-state index < -0.39 is 0 Å². The maximum Gasteiger partial charge on any atom is 0.338 e. The Hall–Kier alpha value is -3.66. The minimum atomic E-state index is -0.222. The van der Waals surface area contributed by atoms with E-state index in [9.17, 15) is 9.59 Å². The number of ether oxygens (including phenoxy) is 1. The number of pyridine rings is 1. The third-order valence-electron chi connectivity index (χ3n) is 6.83. The second kappa shape index (κ2) is 9.30. The third-order valence-corrected chi connectivity index (χ3v) is 6.83. The van der Waals surface area contributed by atoms with Gasteiger partial charge in [0, 0.05) is 44.5 Å². The number of cyclic esters (lactones) is 1. The van der Waals surface area contributed by atoms with Crippen LogP contribution in [0, 0.1) is 13.8 Å². The zero-order chi connectivity index (χ0) is 23.7. The zero-order valence-electron chi connectivity index (χ0n) is 19.4. The lowest BCUT2D eigenvalue weighted by molar-refractivity contribution is -0.132. The predicted octanol–water partition coefficient (Wildman–Crippen LogP) is 1.27. The van der Waals surface area contributed by atoms with E-state index in [1.54, 1.807) is 6.20 Å². The molecular formula is C24H27N7O3. The van der Waals surface area contributed by atoms with Gasteiger partial charge in [0.2, 0.25) is 5.91 Å². The van der Waals surface area contributed by atoms with Gasteiger partial charge in [-0.15, -0.1) is 5.10 Å². The normalized spacial score (nSPS) is 15.9. The van der Waals surface area contributed by atoms with Crippen molar-refractivity contribution in [3.63, 3.8) is 0 Å². The molecule has 1 aromatic carbocycles. The number of amides is 1. The van der Waals surface area contributed by atoms with E-state index in [0.717, 1.165) is 61.4 Å². The van der Waals surface area contributed by atoms with Crippen LogP contribution in [0.25, 0.3) is 5.82 Å². The second-order valence-electron chi connectivity index (χ2n) is 8.82. The number of rotatable bonds is 6. The SMILES string of the molecule is Cc1cc(-n2cnnn2)ncc1CC(=O)N1CCN(CCc2ccc3c(c2C)COC3=O)CC1. The summed E-state index contributed by atoms with van der Waals surface area (Å²) < 4.78 is 6.66. The van der Waals surface area contributed by atoms with Crippen LogP contribution in [-0.2, 0) is 29.0 Å². The van der Waals surface area contributed by atoms with Crippen LogP contribution in [0.4, 0.5) is 0 Å². The molecule has 1 fully saturated rings. The number of benzene rings is 1. The van der Waals surface area contributed by atoms with Gasteiger partial charge in [0.25, 0.3) is 0 Å². The van der Waals surface area contributed by atoms with Crippen molar-refractivity contribution in [1.82, 2.24) is 35.0 Å². The highest BCUT2D eigenvalue weighted by Gasteiger charge is 2.25. The first-order chi connectivity index (χ1) is 16.5. The van der Waals surface area contributed by atoms with Crippen molar-refractivity contribution in [2.24, 2.45) is 0 Å². The number of aryl methyl sites for hydroxylation is 1. The fourth-order valence-corrected chi connectivity index (χ4v) is 4.59. The summed E-state index contributed by atoms with van der Waals surface area (Å²) in [5.74, 6) is 0.531. The summed E-state index contributed by atoms with van der Waals surface area (Å²) in [5.41, 5.74) is 6.04. The van der Waals surface area contributed by atoms with Gasteiger partial charge in [-0.2, -0.15) is 4.68 Å². The zero-order valence-corrected chi connectivity index (χ0v) is 19.4. The Morgan fingerprint density at radius 2 is 1.94 bits per heavy atom. The first-order valence-corrected chi connectivity index (χ1v) is 11.5. The summed E-state index contributed by atoms with van der Waals surface area (Å²) in [6.07, 6.45) is 4.48. The van der Waals surface area contributed by atoms with Gasteiger partial charge >= 0.3 is 5.97 Å². The van der Waals surface area contributed by atoms with Crippen molar-refractivity contribution < 1.29 is 14.3 Å². The van der Waals surface area contributed by atoms with Crippen molar-refractivity contribution in [3.05, 3.63) is 64.1 Å². The molecule has 0 radical (unpaired) electrons. The lowest BCUT2D eigenvalue weighted by Gasteiger charge is -2.35. The number of piperazine rings is 1. The molecule has 0 bridgehead atoms. The maximum atomic E-state index is 12.9. The largest absolute Gasteiger partial charge is 0.457 e. The Labute approximate surface area is 197 Å². The molecule has 3 aromatic rings. The Balaban J connectivity index is 1.12. The minimum absolute atomic E-state index is 0.124. The van der Waals surface area contributed by atoms with Crippen LogP contribution in [0.2, 0.25) is 0 Å². The predicted molar refractivity (Wildman–Crippen MR) is 122 cm³/mol. The molecule has 0 atom stereocenters. The van der Waals surface area contributed by atoms with E-state index >= 15 is 0 Å². The molecule has 0 N–H and O–H groups in total. The molecule has 1 saturated heterocycles. The van der Waals surface area contributed by atoms with Crippen molar-refractivity contribution >= 4 is 11.9 Å². The number of hydrogen-bond donors (Lipinski definition) is 0. The molecule has 176 valence electrons. The van der Waals surface area contributed by atoms with Crippen LogP contribution < -0.4 is 0 Å². The lowest BCUT2D eigenvalue weighted by Crippen LogP contribution is -2.49. The van der Waals surface area contributed by atoms with Crippen LogP contribution in [-0.4, -0.2) is 79.6 Å². The highest BCUT2D eigenvalue weighted by molar-refractivity contribution is 5.93. The van der Waals surface area contributed by atoms with Crippen molar-refractivity contribution in [2.75, 3.05) is 32.7 Å². The summed E-state index contributed by atoms with van der Waals surface area (Å²) in [4.78, 5) is 33.4. The van der Waals surface area contributed by atoms with E-state index in [4.69, 9.17) is 4.74 Å². The van der Waals surface area contributed by atoms with E-state index in [-0.39, 0.29) is 11.9 Å². The molecule has 2 aromatic heterocycles. The molecule has 10 heteroatoms. The quantitative estimate of drug-likeness (QED) is 0.506. The number of esters is 1. The summed E-state index contributed by atoms with van der Waals surface area (Å²) in [6, 6.07) is 5.82. The number of carbonyl (C=O) groups is 2. The summed E-state index contributed by atoms with van der Waals surface area (Å²) in [6.45, 7) is 8.50. The van der Waals surface area contributed by atoms with Gasteiger partial charge in [0.05, 0.1) is 12.0 Å². The molecule has 0 spiro atoms. The van der Waals surface area contributed by atoms with E-state index in [2.05, 4.69) is 32.3 Å². The highest BCUT2D eigenvalue weighted by Crippen LogP contribution is 2.26. The van der Waals surface area contributed by atoms with Gasteiger partial charge in [-0.25, -0.2) is 9.78 Å². The summed E-state index contributed by atoms with van der Waals surface area (Å²) >= 11 is 0. The van der Waals surface area contributed by atoms with Crippen LogP contribution >= 0.6 is 0 Å².